The van der Waals surface area contributed by atoms with Gasteiger partial charge in [0.1, 0.15) is 11.6 Å². The van der Waals surface area contributed by atoms with Gasteiger partial charge in [-0.3, -0.25) is 4.90 Å². The van der Waals surface area contributed by atoms with E-state index in [9.17, 15) is 4.39 Å². The Labute approximate surface area is 124 Å². The third-order valence-electron chi connectivity index (χ3n) is 3.20. The highest BCUT2D eigenvalue weighted by molar-refractivity contribution is 5.34. The van der Waals surface area contributed by atoms with E-state index in [0.717, 1.165) is 11.3 Å². The van der Waals surface area contributed by atoms with Crippen LogP contribution in [0.25, 0.3) is 0 Å². The van der Waals surface area contributed by atoms with E-state index in [-0.39, 0.29) is 5.82 Å². The van der Waals surface area contributed by atoms with Gasteiger partial charge in [-0.1, -0.05) is 12.1 Å². The third-order valence-corrected chi connectivity index (χ3v) is 3.20. The SMILES string of the molecule is COc1cccc(CN(C)Cc2cc(C#N)ccc2F)c1. The van der Waals surface area contributed by atoms with Crippen LogP contribution in [0.3, 0.4) is 0 Å². The first-order valence-electron chi connectivity index (χ1n) is 6.62. The maximum atomic E-state index is 13.8. The van der Waals surface area contributed by atoms with Gasteiger partial charge in [-0.15, -0.1) is 0 Å². The van der Waals surface area contributed by atoms with Crippen LogP contribution in [0.15, 0.2) is 42.5 Å². The molecule has 0 bridgehead atoms. The fourth-order valence-electron chi connectivity index (χ4n) is 2.19. The third kappa shape index (κ3) is 4.04. The molecule has 21 heavy (non-hydrogen) atoms. The molecule has 0 saturated carbocycles. The Bertz CT molecular complexity index is 664. The van der Waals surface area contributed by atoms with Crippen LogP contribution in [-0.2, 0) is 13.1 Å². The van der Waals surface area contributed by atoms with E-state index < -0.39 is 0 Å². The molecule has 2 rings (SSSR count). The van der Waals surface area contributed by atoms with Crippen molar-refractivity contribution in [2.45, 2.75) is 13.1 Å². The molecule has 108 valence electrons. The number of methoxy groups -OCH3 is 1. The van der Waals surface area contributed by atoms with Crippen molar-refractivity contribution < 1.29 is 9.13 Å². The standard InChI is InChI=1S/C17H17FN2O/c1-20(11-14-4-3-5-16(9-14)21-2)12-15-8-13(10-19)6-7-17(15)18/h3-9H,11-12H2,1-2H3. The van der Waals surface area contributed by atoms with Crippen molar-refractivity contribution in [1.29, 1.82) is 5.26 Å². The maximum absolute atomic E-state index is 13.8. The lowest BCUT2D eigenvalue weighted by Crippen LogP contribution is -2.18. The molecule has 0 heterocycles. The normalized spacial score (nSPS) is 10.4. The van der Waals surface area contributed by atoms with E-state index in [2.05, 4.69) is 0 Å². The van der Waals surface area contributed by atoms with Crippen LogP contribution in [0.4, 0.5) is 4.39 Å². The highest BCUT2D eigenvalue weighted by Crippen LogP contribution is 2.16. The van der Waals surface area contributed by atoms with Crippen LogP contribution in [0.5, 0.6) is 5.75 Å². The van der Waals surface area contributed by atoms with Gasteiger partial charge < -0.3 is 4.74 Å². The number of nitrogens with zero attached hydrogens (tertiary/aromatic N) is 2. The lowest BCUT2D eigenvalue weighted by Gasteiger charge is -2.17. The van der Waals surface area contributed by atoms with Crippen LogP contribution >= 0.6 is 0 Å². The summed E-state index contributed by atoms with van der Waals surface area (Å²) in [5.74, 6) is 0.519. The van der Waals surface area contributed by atoms with E-state index in [4.69, 9.17) is 10.00 Å². The Morgan fingerprint density at radius 3 is 2.71 bits per heavy atom. The van der Waals surface area contributed by atoms with Gasteiger partial charge in [0, 0.05) is 18.7 Å². The molecular formula is C17H17FN2O. The molecule has 0 radical (unpaired) electrons. The molecule has 0 spiro atoms. The van der Waals surface area contributed by atoms with E-state index in [1.54, 1.807) is 13.2 Å². The second-order valence-corrected chi connectivity index (χ2v) is 4.94. The van der Waals surface area contributed by atoms with Gasteiger partial charge in [0.15, 0.2) is 0 Å². The molecular weight excluding hydrogens is 267 g/mol. The van der Waals surface area contributed by atoms with Crippen molar-refractivity contribution in [3.8, 4) is 11.8 Å². The molecule has 0 amide bonds. The monoisotopic (exact) mass is 284 g/mol. The topological polar surface area (TPSA) is 36.3 Å². The lowest BCUT2D eigenvalue weighted by atomic mass is 10.1. The van der Waals surface area contributed by atoms with E-state index in [1.165, 1.54) is 12.1 Å². The average molecular weight is 284 g/mol. The van der Waals surface area contributed by atoms with Crippen LogP contribution in [0, 0.1) is 17.1 Å². The van der Waals surface area contributed by atoms with Crippen molar-refractivity contribution >= 4 is 0 Å². The van der Waals surface area contributed by atoms with Gasteiger partial charge in [0.2, 0.25) is 0 Å². The smallest absolute Gasteiger partial charge is 0.127 e. The molecule has 0 aliphatic rings. The molecule has 0 aliphatic heterocycles. The van der Waals surface area contributed by atoms with Crippen molar-refractivity contribution in [2.75, 3.05) is 14.2 Å². The highest BCUT2D eigenvalue weighted by Gasteiger charge is 2.08. The van der Waals surface area contributed by atoms with Gasteiger partial charge in [0.25, 0.3) is 0 Å². The second kappa shape index (κ2) is 6.87. The van der Waals surface area contributed by atoms with Crippen LogP contribution < -0.4 is 4.74 Å². The Kier molecular flexibility index (Phi) is 4.91. The summed E-state index contributed by atoms with van der Waals surface area (Å²) in [6.07, 6.45) is 0. The van der Waals surface area contributed by atoms with Gasteiger partial charge >= 0.3 is 0 Å². The number of hydrogen-bond donors (Lipinski definition) is 0. The first kappa shape index (κ1) is 15.0. The summed E-state index contributed by atoms with van der Waals surface area (Å²) in [5.41, 5.74) is 2.09. The lowest BCUT2D eigenvalue weighted by molar-refractivity contribution is 0.312. The van der Waals surface area contributed by atoms with E-state index in [1.807, 2.05) is 42.3 Å². The molecule has 0 aromatic heterocycles. The molecule has 0 unspecified atom stereocenters. The Hall–Kier alpha value is -2.38. The maximum Gasteiger partial charge on any atom is 0.127 e. The van der Waals surface area contributed by atoms with E-state index in [0.29, 0.717) is 24.2 Å². The summed E-state index contributed by atoms with van der Waals surface area (Å²) >= 11 is 0. The van der Waals surface area contributed by atoms with Crippen LogP contribution in [0.2, 0.25) is 0 Å². The largest absolute Gasteiger partial charge is 0.497 e. The summed E-state index contributed by atoms with van der Waals surface area (Å²) < 4.78 is 19.0. The molecule has 0 fully saturated rings. The fourth-order valence-corrected chi connectivity index (χ4v) is 2.19. The average Bonchev–Trinajstić information content (AvgIpc) is 2.49. The Morgan fingerprint density at radius 1 is 1.19 bits per heavy atom. The van der Waals surface area contributed by atoms with Gasteiger partial charge in [-0.2, -0.15) is 5.26 Å². The minimum atomic E-state index is -0.286. The number of benzene rings is 2. The molecule has 0 aliphatic carbocycles. The first-order chi connectivity index (χ1) is 10.1. The van der Waals surface area contributed by atoms with Gasteiger partial charge in [0.05, 0.1) is 18.7 Å². The van der Waals surface area contributed by atoms with Gasteiger partial charge in [-0.05, 0) is 42.9 Å². The molecule has 3 nitrogen and oxygen atoms in total. The van der Waals surface area contributed by atoms with Crippen LogP contribution in [-0.4, -0.2) is 19.1 Å². The molecule has 0 saturated heterocycles. The molecule has 2 aromatic carbocycles. The number of nitriles is 1. The molecule has 0 atom stereocenters. The fraction of sp³-hybridized carbons (Fsp3) is 0.235. The quantitative estimate of drug-likeness (QED) is 0.845. The number of ether oxygens (including phenoxy) is 1. The zero-order valence-corrected chi connectivity index (χ0v) is 12.1. The zero-order chi connectivity index (χ0) is 15.2. The Balaban J connectivity index is 2.07. The van der Waals surface area contributed by atoms with Gasteiger partial charge in [-0.25, -0.2) is 4.39 Å². The summed E-state index contributed by atoms with van der Waals surface area (Å²) in [6, 6.07) is 14.2. The summed E-state index contributed by atoms with van der Waals surface area (Å²) in [5, 5.41) is 8.88. The van der Waals surface area contributed by atoms with Crippen molar-refractivity contribution in [2.24, 2.45) is 0 Å². The summed E-state index contributed by atoms with van der Waals surface area (Å²) in [4.78, 5) is 1.99. The minimum Gasteiger partial charge on any atom is -0.497 e. The van der Waals surface area contributed by atoms with Crippen LogP contribution in [0.1, 0.15) is 16.7 Å². The molecule has 4 heteroatoms. The zero-order valence-electron chi connectivity index (χ0n) is 12.1. The highest BCUT2D eigenvalue weighted by atomic mass is 19.1. The van der Waals surface area contributed by atoms with Crippen molar-refractivity contribution in [3.05, 3.63) is 65.0 Å². The number of hydrogen-bond acceptors (Lipinski definition) is 3. The second-order valence-electron chi connectivity index (χ2n) is 4.94. The van der Waals surface area contributed by atoms with Crippen molar-refractivity contribution in [3.63, 3.8) is 0 Å². The predicted molar refractivity (Wildman–Crippen MR) is 79.3 cm³/mol. The van der Waals surface area contributed by atoms with E-state index >= 15 is 0 Å². The number of rotatable bonds is 5. The first-order valence-corrected chi connectivity index (χ1v) is 6.62. The van der Waals surface area contributed by atoms with Crippen molar-refractivity contribution in [1.82, 2.24) is 4.90 Å². The summed E-state index contributed by atoms with van der Waals surface area (Å²) in [6.45, 7) is 1.12. The molecule has 0 N–H and O–H groups in total. The molecule has 2 aromatic rings. The minimum absolute atomic E-state index is 0.286. The summed E-state index contributed by atoms with van der Waals surface area (Å²) in [7, 11) is 3.55. The number of halogens is 1. The predicted octanol–water partition coefficient (Wildman–Crippen LogP) is 3.34. The Morgan fingerprint density at radius 2 is 2.00 bits per heavy atom.